The Morgan fingerprint density at radius 3 is 2.76 bits per heavy atom. The number of aryl methyl sites for hydroxylation is 2. The van der Waals surface area contributed by atoms with E-state index in [9.17, 15) is 9.90 Å². The van der Waals surface area contributed by atoms with Gasteiger partial charge in [0.1, 0.15) is 5.82 Å². The van der Waals surface area contributed by atoms with Gasteiger partial charge >= 0.3 is 0 Å². The molecule has 0 saturated heterocycles. The summed E-state index contributed by atoms with van der Waals surface area (Å²) in [5.41, 5.74) is 4.75. The van der Waals surface area contributed by atoms with Crippen molar-refractivity contribution >= 4 is 16.9 Å². The number of carbonyl (C=O) groups excluding carboxylic acids is 1. The standard InChI is InChI=1S/C23H28N4O2/c1-26-21-9-5-4-8-20(21)25-22(26)10-11-23(29)24-14-19(28)16-27-13-12-17-6-2-3-7-18(17)15-27/h2-9,19,28H,10-16H2,1H3,(H,24,29). The van der Waals surface area contributed by atoms with E-state index in [1.165, 1.54) is 11.1 Å². The predicted octanol–water partition coefficient (Wildman–Crippen LogP) is 2.04. The number of fused-ring (bicyclic) bond motifs is 2. The highest BCUT2D eigenvalue weighted by atomic mass is 16.3. The minimum Gasteiger partial charge on any atom is -0.390 e. The molecule has 0 radical (unpaired) electrons. The molecule has 0 fully saturated rings. The Kier molecular flexibility index (Phi) is 5.92. The number of rotatable bonds is 7. The minimum atomic E-state index is -0.569. The van der Waals surface area contributed by atoms with Crippen LogP contribution in [-0.2, 0) is 31.2 Å². The number of hydrogen-bond donors (Lipinski definition) is 2. The highest BCUT2D eigenvalue weighted by Gasteiger charge is 2.19. The number of hydrogen-bond acceptors (Lipinski definition) is 4. The molecule has 1 atom stereocenters. The Bertz CT molecular complexity index is 997. The zero-order valence-corrected chi connectivity index (χ0v) is 16.8. The van der Waals surface area contributed by atoms with Crippen LogP contribution in [0.4, 0.5) is 0 Å². The number of β-amino-alcohol motifs (C(OH)–C–C–N with tert-alkyl or cyclic N) is 1. The zero-order chi connectivity index (χ0) is 20.2. The highest BCUT2D eigenvalue weighted by Crippen LogP contribution is 2.18. The lowest BCUT2D eigenvalue weighted by atomic mass is 10.00. The van der Waals surface area contributed by atoms with Crippen LogP contribution in [0.15, 0.2) is 48.5 Å². The Labute approximate surface area is 171 Å². The summed E-state index contributed by atoms with van der Waals surface area (Å²) in [6.07, 6.45) is 1.38. The number of nitrogens with one attached hydrogen (secondary N) is 1. The molecule has 1 aliphatic heterocycles. The molecule has 0 aliphatic carbocycles. The lowest BCUT2D eigenvalue weighted by molar-refractivity contribution is -0.121. The van der Waals surface area contributed by atoms with Crippen molar-refractivity contribution in [2.24, 2.45) is 7.05 Å². The van der Waals surface area contributed by atoms with Crippen molar-refractivity contribution in [3.05, 3.63) is 65.5 Å². The van der Waals surface area contributed by atoms with Crippen molar-refractivity contribution in [2.75, 3.05) is 19.6 Å². The van der Waals surface area contributed by atoms with Crippen molar-refractivity contribution in [2.45, 2.75) is 31.9 Å². The van der Waals surface area contributed by atoms with Crippen LogP contribution in [0, 0.1) is 0 Å². The third kappa shape index (κ3) is 4.66. The molecule has 2 aromatic carbocycles. The quantitative estimate of drug-likeness (QED) is 0.646. The number of amides is 1. The van der Waals surface area contributed by atoms with Gasteiger partial charge < -0.3 is 15.0 Å². The van der Waals surface area contributed by atoms with E-state index in [4.69, 9.17) is 0 Å². The van der Waals surface area contributed by atoms with E-state index in [2.05, 4.69) is 39.5 Å². The summed E-state index contributed by atoms with van der Waals surface area (Å²) < 4.78 is 2.03. The number of aliphatic hydroxyl groups is 1. The van der Waals surface area contributed by atoms with Gasteiger partial charge in [-0.2, -0.15) is 0 Å². The molecule has 3 aromatic rings. The third-order valence-electron chi connectivity index (χ3n) is 5.67. The molecule has 152 valence electrons. The van der Waals surface area contributed by atoms with Gasteiger partial charge in [-0.25, -0.2) is 4.98 Å². The fourth-order valence-corrected chi connectivity index (χ4v) is 4.04. The Balaban J connectivity index is 1.22. The van der Waals surface area contributed by atoms with Gasteiger partial charge in [-0.15, -0.1) is 0 Å². The minimum absolute atomic E-state index is 0.0555. The van der Waals surface area contributed by atoms with Gasteiger partial charge in [0.25, 0.3) is 0 Å². The summed E-state index contributed by atoms with van der Waals surface area (Å²) in [6.45, 7) is 2.64. The van der Waals surface area contributed by atoms with Crippen LogP contribution in [0.5, 0.6) is 0 Å². The van der Waals surface area contributed by atoms with Crippen LogP contribution in [0.25, 0.3) is 11.0 Å². The number of aliphatic hydroxyl groups excluding tert-OH is 1. The molecule has 1 unspecified atom stereocenters. The van der Waals surface area contributed by atoms with Crippen molar-refractivity contribution in [3.8, 4) is 0 Å². The van der Waals surface area contributed by atoms with E-state index >= 15 is 0 Å². The number of para-hydroxylation sites is 2. The first kappa shape index (κ1) is 19.6. The van der Waals surface area contributed by atoms with Crippen LogP contribution in [0.1, 0.15) is 23.4 Å². The third-order valence-corrected chi connectivity index (χ3v) is 5.67. The molecule has 1 aromatic heterocycles. The number of benzene rings is 2. The van der Waals surface area contributed by atoms with Gasteiger partial charge in [-0.3, -0.25) is 9.69 Å². The lowest BCUT2D eigenvalue weighted by Crippen LogP contribution is -2.42. The second kappa shape index (κ2) is 8.76. The second-order valence-corrected chi connectivity index (χ2v) is 7.79. The summed E-state index contributed by atoms with van der Waals surface area (Å²) in [6, 6.07) is 16.4. The number of carbonyl (C=O) groups is 1. The van der Waals surface area contributed by atoms with Gasteiger partial charge in [-0.05, 0) is 29.7 Å². The van der Waals surface area contributed by atoms with Gasteiger partial charge in [0.05, 0.1) is 17.1 Å². The SMILES string of the molecule is Cn1c(CCC(=O)NCC(O)CN2CCc3ccccc3C2)nc2ccccc21. The summed E-state index contributed by atoms with van der Waals surface area (Å²) in [4.78, 5) is 19.1. The first-order valence-electron chi connectivity index (χ1n) is 10.2. The molecule has 1 aliphatic rings. The number of nitrogens with zero attached hydrogens (tertiary/aromatic N) is 3. The molecule has 29 heavy (non-hydrogen) atoms. The van der Waals surface area contributed by atoms with E-state index in [-0.39, 0.29) is 12.5 Å². The fourth-order valence-electron chi connectivity index (χ4n) is 4.04. The largest absolute Gasteiger partial charge is 0.390 e. The topological polar surface area (TPSA) is 70.4 Å². The highest BCUT2D eigenvalue weighted by molar-refractivity contribution is 5.77. The number of aromatic nitrogens is 2. The van der Waals surface area contributed by atoms with Crippen LogP contribution < -0.4 is 5.32 Å². The van der Waals surface area contributed by atoms with E-state index < -0.39 is 6.10 Å². The normalized spacial score (nSPS) is 15.2. The summed E-state index contributed by atoms with van der Waals surface area (Å²) in [5, 5.41) is 13.2. The first-order chi connectivity index (χ1) is 14.1. The lowest BCUT2D eigenvalue weighted by Gasteiger charge is -2.30. The van der Waals surface area contributed by atoms with Crippen LogP contribution in [0.3, 0.4) is 0 Å². The maximum Gasteiger partial charge on any atom is 0.220 e. The van der Waals surface area contributed by atoms with E-state index in [0.29, 0.717) is 19.4 Å². The molecular weight excluding hydrogens is 364 g/mol. The summed E-state index contributed by atoms with van der Waals surface area (Å²) in [7, 11) is 1.98. The molecular formula is C23H28N4O2. The first-order valence-corrected chi connectivity index (χ1v) is 10.2. The molecule has 0 spiro atoms. The van der Waals surface area contributed by atoms with Gasteiger partial charge in [0.2, 0.25) is 5.91 Å². The molecule has 4 rings (SSSR count). The van der Waals surface area contributed by atoms with Crippen LogP contribution >= 0.6 is 0 Å². The fraction of sp³-hybridized carbons (Fsp3) is 0.391. The van der Waals surface area contributed by atoms with Gasteiger partial charge in [0.15, 0.2) is 0 Å². The average Bonchev–Trinajstić information content (AvgIpc) is 3.06. The maximum atomic E-state index is 12.2. The monoisotopic (exact) mass is 392 g/mol. The zero-order valence-electron chi connectivity index (χ0n) is 16.8. The van der Waals surface area contributed by atoms with Crippen molar-refractivity contribution in [3.63, 3.8) is 0 Å². The molecule has 6 nitrogen and oxygen atoms in total. The Morgan fingerprint density at radius 1 is 1.17 bits per heavy atom. The molecule has 6 heteroatoms. The molecule has 2 N–H and O–H groups in total. The smallest absolute Gasteiger partial charge is 0.220 e. The van der Waals surface area contributed by atoms with Gasteiger partial charge in [-0.1, -0.05) is 36.4 Å². The Morgan fingerprint density at radius 2 is 1.93 bits per heavy atom. The molecule has 0 saturated carbocycles. The van der Waals surface area contributed by atoms with Gasteiger partial charge in [0, 0.05) is 46.1 Å². The molecule has 0 bridgehead atoms. The summed E-state index contributed by atoms with van der Waals surface area (Å²) >= 11 is 0. The van der Waals surface area contributed by atoms with Crippen molar-refractivity contribution < 1.29 is 9.90 Å². The van der Waals surface area contributed by atoms with E-state index in [1.54, 1.807) is 0 Å². The molecule has 2 heterocycles. The van der Waals surface area contributed by atoms with Crippen LogP contribution in [-0.4, -0.2) is 51.2 Å². The molecule has 1 amide bonds. The number of imidazole rings is 1. The maximum absolute atomic E-state index is 12.2. The van der Waals surface area contributed by atoms with Crippen LogP contribution in [0.2, 0.25) is 0 Å². The summed E-state index contributed by atoms with van der Waals surface area (Å²) in [5.74, 6) is 0.842. The second-order valence-electron chi connectivity index (χ2n) is 7.79. The van der Waals surface area contributed by atoms with Crippen molar-refractivity contribution in [1.29, 1.82) is 0 Å². The van der Waals surface area contributed by atoms with Crippen molar-refractivity contribution in [1.82, 2.24) is 19.8 Å². The average molecular weight is 393 g/mol. The van der Waals surface area contributed by atoms with E-state index in [1.807, 2.05) is 35.9 Å². The van der Waals surface area contributed by atoms with E-state index in [0.717, 1.165) is 36.4 Å². The predicted molar refractivity (Wildman–Crippen MR) is 113 cm³/mol. The Hall–Kier alpha value is -2.70.